The highest BCUT2D eigenvalue weighted by Crippen LogP contribution is 2.43. The standard InChI is InChI=1S/C30H34O12.C26H30O11.C16H26O12.C12H22O11/c1-15(2)26(34)39-25-22(33)24-19(14-36-28(41-24)17-11-7-4-8-12-17)38-30(25)42-29-21(32)20(31)23-18(37-29)13-35-27(40-23)16-9-5-3-6-10-16;27-17-19(29)25(33-15-11-31-23(35-21(15)17)13-7-3-1-4-8-13)37-26-20(30)18(28)22-16(34-26)12-32-24(36-22)14-9-5-2-6-10-14;1-5(2)14(24)27-13-11(22)9(20)7(4-18)26-16(13)28-15-12(23)10(21)8(19)6(3-17)25-15;13-1-3-5(15)7(17)9(19)11(21-3)23-12-10(20)8(18)6(16)4(2-14)22-12/h3-12,18-25,27-33H,1,13-14H2,2H3;1-10,15-30H,11-12H2;6-13,15-23H,1,3-4H2,2H3;3-20H,1-2H2/t18-,19-,20-,21-,22+,23-,24-,25-,27?,28?,29-,30-;15-,16-,17-,18-,19-,20-,21-,22-,23?,24?,25-,26-;6-,7-,8-,9-,10+,11+,12-,13-,15-,16-;3-,4-,5-,6-,7+,8+,9-,10-,11-,12-/m1111/s1. The van der Waals surface area contributed by atoms with Gasteiger partial charge in [0.2, 0.25) is 12.6 Å². The minimum Gasteiger partial charge on any atom is -0.451 e. The van der Waals surface area contributed by atoms with Crippen LogP contribution in [0.5, 0.6) is 0 Å². The van der Waals surface area contributed by atoms with Crippen LogP contribution < -0.4 is 0 Å². The Labute approximate surface area is 740 Å². The zero-order valence-corrected chi connectivity index (χ0v) is 69.7. The molecule has 724 valence electrons. The molecule has 0 spiro atoms. The molecule has 0 aromatic heterocycles. The number of aliphatic hydroxyl groups is 22. The lowest BCUT2D eigenvalue weighted by Crippen LogP contribution is -2.66. The molecule has 46 heteroatoms. The highest BCUT2D eigenvalue weighted by molar-refractivity contribution is 5.87. The SMILES string of the molecule is C=C(C)C(=O)O[C@H]1[C@@H](O[C@H]2O[C@@H]3COC(c4ccccc4)O[C@H]3[C@H](O)[C@H]2O)O[C@@H]2COC(c3ccccc3)O[C@H]2[C@@H]1O.C=C(C)C(=O)O[C@H]1[C@@H](O[C@H]2O[C@H](CO)[C@@H](O)[C@H](O)[C@H]2O)O[C@H](CO)[C@@H](O)[C@@H]1O.OC[C@H]1O[C@H](O[C@H]2O[C@H](CO)[C@@H](O)[C@H](O)[C@H]2O)[C@H](O)[C@@H](O)[C@@H]1O.O[C@@H]1[C@@H](O)[C@@H](O[C@H]2O[C@@H]3COC(c4ccccc4)O[C@H]3[C@H](O)[C@H]2O)O[C@@H]2COC(c3ccccc3)O[C@@H]12. The number of hydrogen-bond acceptors (Lipinski definition) is 46. The summed E-state index contributed by atoms with van der Waals surface area (Å²) in [4.78, 5) is 24.4. The van der Waals surface area contributed by atoms with Gasteiger partial charge in [-0.25, -0.2) is 9.59 Å². The smallest absolute Gasteiger partial charge is 0.333 e. The minimum absolute atomic E-state index is 0.0161. The second kappa shape index (κ2) is 45.5. The zero-order valence-electron chi connectivity index (χ0n) is 69.7. The summed E-state index contributed by atoms with van der Waals surface area (Å²) in [6.45, 7) is 7.29. The molecule has 12 aliphatic rings. The first-order valence-corrected chi connectivity index (χ1v) is 41.8. The molecule has 16 rings (SSSR count). The molecule has 0 aliphatic carbocycles. The van der Waals surface area contributed by atoms with Crippen LogP contribution in [0.15, 0.2) is 146 Å². The molecule has 0 amide bonds. The third-order valence-electron chi connectivity index (χ3n) is 23.2. The average Bonchev–Trinajstić information content (AvgIpc) is 0.729. The van der Waals surface area contributed by atoms with Crippen LogP contribution in [0.2, 0.25) is 0 Å². The topological polar surface area (TPSA) is 682 Å². The van der Waals surface area contributed by atoms with Crippen LogP contribution in [0.25, 0.3) is 0 Å². The lowest BCUT2D eigenvalue weighted by Gasteiger charge is -2.50. The molecule has 12 saturated heterocycles. The van der Waals surface area contributed by atoms with Gasteiger partial charge in [-0.05, 0) is 13.8 Å². The summed E-state index contributed by atoms with van der Waals surface area (Å²) in [6, 6.07) is 36.9. The molecular weight excluding hydrogens is 1740 g/mol. The van der Waals surface area contributed by atoms with Crippen molar-refractivity contribution in [2.45, 2.75) is 285 Å². The Hall–Kier alpha value is -6.38. The fraction of sp³-hybridized carbons (Fsp3) is 0.643. The van der Waals surface area contributed by atoms with Crippen molar-refractivity contribution in [3.05, 3.63) is 168 Å². The molecule has 4 aromatic rings. The number of hydrogen-bond donors (Lipinski definition) is 22. The summed E-state index contributed by atoms with van der Waals surface area (Å²) in [6.07, 6.45) is -58.3. The Balaban J connectivity index is 0.000000152. The summed E-state index contributed by atoms with van der Waals surface area (Å²) < 4.78 is 124. The summed E-state index contributed by atoms with van der Waals surface area (Å²) in [5.74, 6) is -1.71. The molecule has 12 aliphatic heterocycles. The van der Waals surface area contributed by atoms with E-state index in [1.165, 1.54) is 13.8 Å². The van der Waals surface area contributed by atoms with Crippen LogP contribution in [0, 0.1) is 0 Å². The quantitative estimate of drug-likeness (QED) is 0.0289. The number of carbonyl (C=O) groups is 2. The van der Waals surface area contributed by atoms with E-state index >= 15 is 0 Å². The summed E-state index contributed by atoms with van der Waals surface area (Å²) >= 11 is 0. The van der Waals surface area contributed by atoms with E-state index in [9.17, 15) is 112 Å². The Bertz CT molecular complexity index is 4050. The third-order valence-corrected chi connectivity index (χ3v) is 23.2. The molecule has 12 heterocycles. The van der Waals surface area contributed by atoms with E-state index in [4.69, 9.17) is 114 Å². The van der Waals surface area contributed by atoms with E-state index in [1.54, 1.807) is 0 Å². The predicted octanol–water partition coefficient (Wildman–Crippen LogP) is -8.29. The average molecular weight is 1860 g/mol. The zero-order chi connectivity index (χ0) is 93.4. The molecule has 22 N–H and O–H groups in total. The highest BCUT2D eigenvalue weighted by Gasteiger charge is 2.60. The fourth-order valence-electron chi connectivity index (χ4n) is 15.8. The maximum atomic E-state index is 12.5. The molecule has 130 heavy (non-hydrogen) atoms. The fourth-order valence-corrected chi connectivity index (χ4v) is 15.8. The molecule has 0 bridgehead atoms. The Morgan fingerprint density at radius 1 is 0.269 bits per heavy atom. The van der Waals surface area contributed by atoms with Crippen LogP contribution in [-0.4, -0.2) is 423 Å². The van der Waals surface area contributed by atoms with Crippen molar-refractivity contribution >= 4 is 11.9 Å². The van der Waals surface area contributed by atoms with Gasteiger partial charge in [-0.15, -0.1) is 0 Å². The van der Waals surface area contributed by atoms with Crippen LogP contribution in [0.4, 0.5) is 0 Å². The van der Waals surface area contributed by atoms with Gasteiger partial charge in [-0.3, -0.25) is 0 Å². The van der Waals surface area contributed by atoms with Gasteiger partial charge in [0, 0.05) is 33.4 Å². The van der Waals surface area contributed by atoms with Gasteiger partial charge in [-0.1, -0.05) is 134 Å². The molecule has 4 unspecified atom stereocenters. The first-order chi connectivity index (χ1) is 62.2. The highest BCUT2D eigenvalue weighted by atomic mass is 16.8. The van der Waals surface area contributed by atoms with Crippen LogP contribution in [0.1, 0.15) is 61.3 Å². The van der Waals surface area contributed by atoms with Crippen LogP contribution in [-0.2, 0) is 114 Å². The molecular formula is C84H112O46. The van der Waals surface area contributed by atoms with Gasteiger partial charge in [0.15, 0.2) is 75.1 Å². The second-order valence-electron chi connectivity index (χ2n) is 32.5. The van der Waals surface area contributed by atoms with E-state index in [2.05, 4.69) is 13.2 Å². The van der Waals surface area contributed by atoms with Gasteiger partial charge in [0.05, 0.1) is 52.9 Å². The van der Waals surface area contributed by atoms with E-state index in [1.807, 2.05) is 121 Å². The van der Waals surface area contributed by atoms with Gasteiger partial charge < -0.3 is 217 Å². The summed E-state index contributed by atoms with van der Waals surface area (Å²) in [5, 5.41) is 221. The number of fused-ring (bicyclic) bond motifs is 4. The third kappa shape index (κ3) is 23.0. The normalized spacial score (nSPS) is 44.1. The first-order valence-electron chi connectivity index (χ1n) is 41.8. The minimum atomic E-state index is -1.78. The second-order valence-corrected chi connectivity index (χ2v) is 32.5. The van der Waals surface area contributed by atoms with Crippen molar-refractivity contribution in [3.63, 3.8) is 0 Å². The van der Waals surface area contributed by atoms with Gasteiger partial charge in [0.1, 0.15) is 183 Å². The lowest BCUT2D eigenvalue weighted by molar-refractivity contribution is -0.412. The van der Waals surface area contributed by atoms with Crippen molar-refractivity contribution in [2.75, 3.05) is 52.9 Å². The maximum Gasteiger partial charge on any atom is 0.333 e. The summed E-state index contributed by atoms with van der Waals surface area (Å²) in [5.41, 5.74) is 3.12. The van der Waals surface area contributed by atoms with Gasteiger partial charge >= 0.3 is 11.9 Å². The molecule has 12 fully saturated rings. The maximum absolute atomic E-state index is 12.5. The largest absolute Gasteiger partial charge is 0.451 e. The van der Waals surface area contributed by atoms with Crippen molar-refractivity contribution in [1.82, 2.24) is 0 Å². The number of benzene rings is 4. The van der Waals surface area contributed by atoms with Gasteiger partial charge in [-0.2, -0.15) is 0 Å². The van der Waals surface area contributed by atoms with Crippen molar-refractivity contribution in [2.24, 2.45) is 0 Å². The predicted molar refractivity (Wildman–Crippen MR) is 420 cm³/mol. The molecule has 4 aromatic carbocycles. The number of aliphatic hydroxyl groups excluding tert-OH is 22. The van der Waals surface area contributed by atoms with Crippen LogP contribution in [0.3, 0.4) is 0 Å². The number of ether oxygens (including phenoxy) is 22. The van der Waals surface area contributed by atoms with E-state index in [0.717, 1.165) is 22.3 Å². The molecule has 46 nitrogen and oxygen atoms in total. The van der Waals surface area contributed by atoms with Crippen molar-refractivity contribution < 1.29 is 226 Å². The molecule has 0 saturated carbocycles. The van der Waals surface area contributed by atoms with Crippen LogP contribution >= 0.6 is 0 Å². The number of esters is 2. The number of rotatable bonds is 20. The summed E-state index contributed by atoms with van der Waals surface area (Å²) in [7, 11) is 0. The lowest BCUT2D eigenvalue weighted by atomic mass is 9.96. The monoisotopic (exact) mass is 1860 g/mol. The van der Waals surface area contributed by atoms with E-state index in [-0.39, 0.29) is 37.6 Å². The van der Waals surface area contributed by atoms with E-state index < -0.39 is 309 Å². The molecule has 44 atom stereocenters. The Morgan fingerprint density at radius 3 is 0.738 bits per heavy atom. The Morgan fingerprint density at radius 2 is 0.477 bits per heavy atom. The van der Waals surface area contributed by atoms with Crippen molar-refractivity contribution in [1.29, 1.82) is 0 Å². The Kier molecular flexibility index (Phi) is 35.4. The number of carbonyl (C=O) groups excluding carboxylic acids is 2. The van der Waals surface area contributed by atoms with Crippen molar-refractivity contribution in [3.8, 4) is 0 Å². The molecule has 0 radical (unpaired) electrons. The van der Waals surface area contributed by atoms with E-state index in [0.29, 0.717) is 0 Å². The first kappa shape index (κ1) is 101. The van der Waals surface area contributed by atoms with Gasteiger partial charge in [0.25, 0.3) is 0 Å².